The van der Waals surface area contributed by atoms with Crippen LogP contribution in [0.4, 0.5) is 0 Å². The number of carbonyl (C=O) groups excluding carboxylic acids is 1. The van der Waals surface area contributed by atoms with E-state index >= 15 is 0 Å². The molecule has 0 radical (unpaired) electrons. The lowest BCUT2D eigenvalue weighted by Crippen LogP contribution is -2.33. The quantitative estimate of drug-likeness (QED) is 0.850. The molecule has 0 atom stereocenters. The molecule has 2 rings (SSSR count). The normalized spacial score (nSPS) is 10.3. The summed E-state index contributed by atoms with van der Waals surface area (Å²) in [4.78, 5) is 25.8. The van der Waals surface area contributed by atoms with Crippen molar-refractivity contribution >= 4 is 5.91 Å². The minimum Gasteiger partial charge on any atom is -0.338 e. The molecule has 5 nitrogen and oxygen atoms in total. The molecule has 1 heterocycles. The van der Waals surface area contributed by atoms with Crippen LogP contribution in [-0.2, 0) is 0 Å². The van der Waals surface area contributed by atoms with Crippen LogP contribution in [0.15, 0.2) is 47.3 Å². The Labute approximate surface area is 117 Å². The Morgan fingerprint density at radius 2 is 1.75 bits per heavy atom. The molecule has 1 aromatic carbocycles. The second kappa shape index (κ2) is 6.14. The summed E-state index contributed by atoms with van der Waals surface area (Å²) in [6.07, 6.45) is 0. The van der Waals surface area contributed by atoms with Crippen molar-refractivity contribution in [2.75, 3.05) is 13.1 Å². The van der Waals surface area contributed by atoms with E-state index in [1.165, 1.54) is 16.8 Å². The number of para-hydroxylation sites is 1. The van der Waals surface area contributed by atoms with Crippen molar-refractivity contribution < 1.29 is 4.79 Å². The van der Waals surface area contributed by atoms with Gasteiger partial charge in [-0.2, -0.15) is 9.78 Å². The third kappa shape index (κ3) is 2.77. The van der Waals surface area contributed by atoms with Gasteiger partial charge in [0, 0.05) is 19.2 Å². The minimum atomic E-state index is -0.257. The molecule has 1 amide bonds. The molecular weight excluding hydrogens is 254 g/mol. The highest BCUT2D eigenvalue weighted by atomic mass is 16.2. The van der Waals surface area contributed by atoms with E-state index in [1.54, 1.807) is 17.0 Å². The highest BCUT2D eigenvalue weighted by Crippen LogP contribution is 2.04. The van der Waals surface area contributed by atoms with Crippen LogP contribution in [0, 0.1) is 0 Å². The van der Waals surface area contributed by atoms with Gasteiger partial charge in [-0.05, 0) is 32.0 Å². The van der Waals surface area contributed by atoms with E-state index in [1.807, 2.05) is 32.0 Å². The first kappa shape index (κ1) is 14.0. The molecule has 0 saturated heterocycles. The molecule has 0 saturated carbocycles. The first-order valence-electron chi connectivity index (χ1n) is 6.62. The van der Waals surface area contributed by atoms with E-state index in [2.05, 4.69) is 5.10 Å². The first-order valence-corrected chi connectivity index (χ1v) is 6.62. The zero-order valence-electron chi connectivity index (χ0n) is 11.6. The first-order chi connectivity index (χ1) is 9.67. The average molecular weight is 271 g/mol. The Bertz CT molecular complexity index is 646. The van der Waals surface area contributed by atoms with Gasteiger partial charge in [0.05, 0.1) is 5.69 Å². The van der Waals surface area contributed by atoms with Crippen molar-refractivity contribution in [1.29, 1.82) is 0 Å². The van der Waals surface area contributed by atoms with Gasteiger partial charge in [-0.25, -0.2) is 0 Å². The number of amides is 1. The van der Waals surface area contributed by atoms with Gasteiger partial charge in [0.1, 0.15) is 5.69 Å². The highest BCUT2D eigenvalue weighted by molar-refractivity contribution is 5.92. The van der Waals surface area contributed by atoms with E-state index in [0.717, 1.165) is 0 Å². The van der Waals surface area contributed by atoms with Crippen molar-refractivity contribution in [2.24, 2.45) is 0 Å². The second-order valence-electron chi connectivity index (χ2n) is 4.28. The van der Waals surface area contributed by atoms with Crippen LogP contribution in [0.3, 0.4) is 0 Å². The van der Waals surface area contributed by atoms with Gasteiger partial charge in [-0.1, -0.05) is 18.2 Å². The number of rotatable bonds is 4. The van der Waals surface area contributed by atoms with Crippen LogP contribution < -0.4 is 5.56 Å². The highest BCUT2D eigenvalue weighted by Gasteiger charge is 2.15. The molecule has 20 heavy (non-hydrogen) atoms. The largest absolute Gasteiger partial charge is 0.338 e. The molecule has 0 N–H and O–H groups in total. The van der Waals surface area contributed by atoms with Crippen LogP contribution in [-0.4, -0.2) is 33.7 Å². The van der Waals surface area contributed by atoms with Crippen molar-refractivity contribution in [3.63, 3.8) is 0 Å². The average Bonchev–Trinajstić information content (AvgIpc) is 2.49. The van der Waals surface area contributed by atoms with Crippen molar-refractivity contribution in [3.8, 4) is 5.69 Å². The molecule has 0 unspecified atom stereocenters. The summed E-state index contributed by atoms with van der Waals surface area (Å²) in [5.41, 5.74) is 0.663. The van der Waals surface area contributed by atoms with Gasteiger partial charge in [-0.15, -0.1) is 0 Å². The summed E-state index contributed by atoms with van der Waals surface area (Å²) in [5, 5.41) is 4.17. The Morgan fingerprint density at radius 3 is 2.35 bits per heavy atom. The standard InChI is InChI=1S/C15H17N3O2/c1-3-17(4-2)15(20)13-10-11-14(19)18(16-13)12-8-6-5-7-9-12/h5-11H,3-4H2,1-2H3. The fourth-order valence-corrected chi connectivity index (χ4v) is 1.95. The van der Waals surface area contributed by atoms with Crippen LogP contribution in [0.2, 0.25) is 0 Å². The summed E-state index contributed by atoms with van der Waals surface area (Å²) in [7, 11) is 0. The van der Waals surface area contributed by atoms with Crippen LogP contribution >= 0.6 is 0 Å². The van der Waals surface area contributed by atoms with E-state index in [0.29, 0.717) is 18.8 Å². The second-order valence-corrected chi connectivity index (χ2v) is 4.28. The molecule has 0 spiro atoms. The van der Waals surface area contributed by atoms with Crippen LogP contribution in [0.25, 0.3) is 5.69 Å². The molecule has 2 aromatic rings. The number of hydrogen-bond donors (Lipinski definition) is 0. The Morgan fingerprint density at radius 1 is 1.10 bits per heavy atom. The molecule has 0 aliphatic rings. The lowest BCUT2D eigenvalue weighted by Gasteiger charge is -2.18. The minimum absolute atomic E-state index is 0.167. The Kier molecular flexibility index (Phi) is 4.30. The summed E-state index contributed by atoms with van der Waals surface area (Å²) in [5.74, 6) is -0.167. The lowest BCUT2D eigenvalue weighted by molar-refractivity contribution is 0.0765. The van der Waals surface area contributed by atoms with Crippen molar-refractivity contribution in [3.05, 3.63) is 58.5 Å². The maximum Gasteiger partial charge on any atom is 0.274 e. The van der Waals surface area contributed by atoms with Gasteiger partial charge in [0.25, 0.3) is 11.5 Å². The fourth-order valence-electron chi connectivity index (χ4n) is 1.95. The lowest BCUT2D eigenvalue weighted by atomic mass is 10.3. The predicted molar refractivity (Wildman–Crippen MR) is 77.1 cm³/mol. The van der Waals surface area contributed by atoms with Gasteiger partial charge in [0.15, 0.2) is 0 Å². The molecule has 0 aliphatic carbocycles. The fraction of sp³-hybridized carbons (Fsp3) is 0.267. The number of benzene rings is 1. The monoisotopic (exact) mass is 271 g/mol. The van der Waals surface area contributed by atoms with Crippen LogP contribution in [0.1, 0.15) is 24.3 Å². The molecule has 0 aliphatic heterocycles. The van der Waals surface area contributed by atoms with E-state index in [4.69, 9.17) is 0 Å². The van der Waals surface area contributed by atoms with Crippen LogP contribution in [0.5, 0.6) is 0 Å². The summed E-state index contributed by atoms with van der Waals surface area (Å²) < 4.78 is 1.25. The maximum atomic E-state index is 12.2. The molecule has 1 aromatic heterocycles. The number of aromatic nitrogens is 2. The maximum absolute atomic E-state index is 12.2. The molecule has 0 bridgehead atoms. The van der Waals surface area contributed by atoms with Gasteiger partial charge in [0.2, 0.25) is 0 Å². The smallest absolute Gasteiger partial charge is 0.274 e. The molecule has 5 heteroatoms. The number of nitrogens with zero attached hydrogens (tertiary/aromatic N) is 3. The third-order valence-corrected chi connectivity index (χ3v) is 3.07. The summed E-state index contributed by atoms with van der Waals surface area (Å²) in [6.45, 7) is 5.05. The summed E-state index contributed by atoms with van der Waals surface area (Å²) >= 11 is 0. The Balaban J connectivity index is 2.44. The predicted octanol–water partition coefficient (Wildman–Crippen LogP) is 1.71. The number of hydrogen-bond acceptors (Lipinski definition) is 3. The van der Waals surface area contributed by atoms with Crippen molar-refractivity contribution in [2.45, 2.75) is 13.8 Å². The van der Waals surface area contributed by atoms with Gasteiger partial charge >= 0.3 is 0 Å². The Hall–Kier alpha value is -2.43. The summed E-state index contributed by atoms with van der Waals surface area (Å²) in [6, 6.07) is 11.9. The third-order valence-electron chi connectivity index (χ3n) is 3.07. The topological polar surface area (TPSA) is 55.2 Å². The van der Waals surface area contributed by atoms with Gasteiger partial charge < -0.3 is 4.90 Å². The molecule has 0 fully saturated rings. The SMILES string of the molecule is CCN(CC)C(=O)c1ccc(=O)n(-c2ccccc2)n1. The van der Waals surface area contributed by atoms with E-state index in [9.17, 15) is 9.59 Å². The number of carbonyl (C=O) groups is 1. The van der Waals surface area contributed by atoms with E-state index in [-0.39, 0.29) is 17.2 Å². The zero-order chi connectivity index (χ0) is 14.5. The van der Waals surface area contributed by atoms with Gasteiger partial charge in [-0.3, -0.25) is 9.59 Å². The zero-order valence-corrected chi connectivity index (χ0v) is 11.6. The molecular formula is C15H17N3O2. The van der Waals surface area contributed by atoms with Crippen molar-refractivity contribution in [1.82, 2.24) is 14.7 Å². The van der Waals surface area contributed by atoms with E-state index < -0.39 is 0 Å². The molecule has 104 valence electrons.